The van der Waals surface area contributed by atoms with Gasteiger partial charge in [0.05, 0.1) is 25.1 Å². The van der Waals surface area contributed by atoms with Gasteiger partial charge in [-0.15, -0.1) is 0 Å². The van der Waals surface area contributed by atoms with E-state index in [4.69, 9.17) is 11.5 Å². The predicted octanol–water partition coefficient (Wildman–Crippen LogP) is -3.02. The lowest BCUT2D eigenvalue weighted by Gasteiger charge is -2.22. The molecule has 0 aliphatic heterocycles. The van der Waals surface area contributed by atoms with E-state index in [1.807, 2.05) is 0 Å². The minimum atomic E-state index is -1.46. The van der Waals surface area contributed by atoms with Crippen LogP contribution in [0.15, 0.2) is 30.3 Å². The number of carbonyl (C=O) groups excluding carboxylic acids is 4. The Morgan fingerprint density at radius 1 is 1.03 bits per heavy atom. The average molecular weight is 437 g/mol. The third-order valence-corrected chi connectivity index (χ3v) is 4.16. The summed E-state index contributed by atoms with van der Waals surface area (Å²) in [4.78, 5) is 58.6. The zero-order valence-electron chi connectivity index (χ0n) is 16.9. The minimum Gasteiger partial charge on any atom is -0.480 e. The average Bonchev–Trinajstić information content (AvgIpc) is 2.69. The van der Waals surface area contributed by atoms with Crippen LogP contribution >= 0.6 is 0 Å². The molecule has 0 saturated carbocycles. The number of hydrogen-bond acceptors (Lipinski definition) is 7. The largest absolute Gasteiger partial charge is 0.480 e. The number of carboxylic acids is 1. The van der Waals surface area contributed by atoms with Crippen LogP contribution in [0, 0.1) is 0 Å². The summed E-state index contributed by atoms with van der Waals surface area (Å²) in [6.45, 7) is 0.633. The van der Waals surface area contributed by atoms with E-state index in [0.717, 1.165) is 0 Å². The van der Waals surface area contributed by atoms with Gasteiger partial charge in [-0.05, 0) is 12.5 Å². The van der Waals surface area contributed by atoms with Crippen molar-refractivity contribution in [2.75, 3.05) is 6.54 Å². The first-order valence-electron chi connectivity index (χ1n) is 9.37. The molecule has 4 atom stereocenters. The van der Waals surface area contributed by atoms with Gasteiger partial charge in [-0.25, -0.2) is 4.79 Å². The summed E-state index contributed by atoms with van der Waals surface area (Å²) in [6, 6.07) is 4.66. The van der Waals surface area contributed by atoms with E-state index in [1.165, 1.54) is 6.92 Å². The number of nitrogens with two attached hydrogens (primary N) is 2. The van der Waals surface area contributed by atoms with Crippen molar-refractivity contribution in [1.82, 2.24) is 16.0 Å². The highest BCUT2D eigenvalue weighted by Crippen LogP contribution is 2.03. The van der Waals surface area contributed by atoms with Gasteiger partial charge in [-0.1, -0.05) is 30.3 Å². The summed E-state index contributed by atoms with van der Waals surface area (Å²) < 4.78 is 0. The molecule has 0 fully saturated rings. The quantitative estimate of drug-likeness (QED) is 0.178. The Kier molecular flexibility index (Phi) is 10.1. The molecule has 0 heterocycles. The maximum atomic E-state index is 12.3. The van der Waals surface area contributed by atoms with Crippen LogP contribution in [0.3, 0.4) is 0 Å². The molecule has 12 nitrogen and oxygen atoms in total. The highest BCUT2D eigenvalue weighted by Gasteiger charge is 2.29. The Bertz CT molecular complexity index is 800. The lowest BCUT2D eigenvalue weighted by atomic mass is 10.1. The molecule has 0 aliphatic carbocycles. The van der Waals surface area contributed by atoms with Gasteiger partial charge < -0.3 is 37.6 Å². The van der Waals surface area contributed by atoms with Crippen LogP contribution in [0.1, 0.15) is 18.9 Å². The number of hydrogen-bond donors (Lipinski definition) is 7. The monoisotopic (exact) mass is 437 g/mol. The number of rotatable bonds is 12. The van der Waals surface area contributed by atoms with Crippen molar-refractivity contribution in [2.24, 2.45) is 11.5 Å². The second kappa shape index (κ2) is 12.2. The molecule has 1 aromatic rings. The van der Waals surface area contributed by atoms with Gasteiger partial charge in [-0.3, -0.25) is 19.2 Å². The van der Waals surface area contributed by atoms with Gasteiger partial charge in [0, 0.05) is 6.42 Å². The van der Waals surface area contributed by atoms with Crippen molar-refractivity contribution in [2.45, 2.75) is 44.0 Å². The molecular weight excluding hydrogens is 410 g/mol. The molecule has 4 unspecified atom stereocenters. The van der Waals surface area contributed by atoms with E-state index in [-0.39, 0.29) is 6.42 Å². The fourth-order valence-corrected chi connectivity index (χ4v) is 2.55. The second-order valence-corrected chi connectivity index (χ2v) is 6.87. The third kappa shape index (κ3) is 9.23. The summed E-state index contributed by atoms with van der Waals surface area (Å²) in [5.74, 6) is -4.64. The number of primary amides is 1. The van der Waals surface area contributed by atoms with Crippen LogP contribution < -0.4 is 27.4 Å². The van der Waals surface area contributed by atoms with Gasteiger partial charge >= 0.3 is 5.97 Å². The Morgan fingerprint density at radius 2 is 1.65 bits per heavy atom. The molecule has 1 rings (SSSR count). The number of amides is 4. The van der Waals surface area contributed by atoms with Gasteiger partial charge in [0.1, 0.15) is 12.1 Å². The first kappa shape index (κ1) is 25.5. The smallest absolute Gasteiger partial charge is 0.326 e. The fraction of sp³-hybridized carbons (Fsp3) is 0.421. The van der Waals surface area contributed by atoms with Crippen molar-refractivity contribution in [3.05, 3.63) is 35.9 Å². The van der Waals surface area contributed by atoms with E-state index in [2.05, 4.69) is 16.0 Å². The number of carboxylic acid groups (broad SMARTS) is 1. The number of benzene rings is 1. The van der Waals surface area contributed by atoms with Crippen LogP contribution in [-0.2, 0) is 30.4 Å². The molecule has 31 heavy (non-hydrogen) atoms. The van der Waals surface area contributed by atoms with E-state index < -0.39 is 66.8 Å². The van der Waals surface area contributed by atoms with Crippen LogP contribution in [0.2, 0.25) is 0 Å². The molecule has 0 saturated heterocycles. The van der Waals surface area contributed by atoms with Crippen LogP contribution in [0.5, 0.6) is 0 Å². The van der Waals surface area contributed by atoms with Gasteiger partial charge in [-0.2, -0.15) is 0 Å². The number of aliphatic carboxylic acids is 1. The first-order valence-corrected chi connectivity index (χ1v) is 9.37. The first-order chi connectivity index (χ1) is 14.5. The standard InChI is InChI=1S/C19H27N5O7/c1-10(25)16(24-17(28)12(20)8-14(21)26)18(29)22-9-15(27)23-13(19(30)31)7-11-5-3-2-4-6-11/h2-6,10,12-13,16,25H,7-9,20H2,1H3,(H2,21,26)(H,22,29)(H,23,27)(H,24,28)(H,30,31). The normalized spacial score (nSPS) is 14.4. The van der Waals surface area contributed by atoms with Crippen molar-refractivity contribution in [3.63, 3.8) is 0 Å². The molecule has 9 N–H and O–H groups in total. The van der Waals surface area contributed by atoms with Gasteiger partial charge in [0.2, 0.25) is 23.6 Å². The van der Waals surface area contributed by atoms with Crippen molar-refractivity contribution in [1.29, 1.82) is 0 Å². The van der Waals surface area contributed by atoms with Gasteiger partial charge in [0.25, 0.3) is 0 Å². The molecule has 1 aromatic carbocycles. The van der Waals surface area contributed by atoms with Gasteiger partial charge in [0.15, 0.2) is 0 Å². The summed E-state index contributed by atoms with van der Waals surface area (Å²) in [7, 11) is 0. The molecule has 0 aromatic heterocycles. The maximum absolute atomic E-state index is 12.3. The maximum Gasteiger partial charge on any atom is 0.326 e. The van der Waals surface area contributed by atoms with E-state index >= 15 is 0 Å². The number of aliphatic hydroxyl groups is 1. The number of aliphatic hydroxyl groups excluding tert-OH is 1. The van der Waals surface area contributed by atoms with Crippen LogP contribution in [0.25, 0.3) is 0 Å². The minimum absolute atomic E-state index is 0.0416. The SMILES string of the molecule is CC(O)C(NC(=O)C(N)CC(N)=O)C(=O)NCC(=O)NC(Cc1ccccc1)C(=O)O. The summed E-state index contributed by atoms with van der Waals surface area (Å²) in [5.41, 5.74) is 11.1. The van der Waals surface area contributed by atoms with Crippen LogP contribution in [0.4, 0.5) is 0 Å². The lowest BCUT2D eigenvalue weighted by molar-refractivity contribution is -0.141. The van der Waals surface area contributed by atoms with Crippen molar-refractivity contribution >= 4 is 29.6 Å². The fourth-order valence-electron chi connectivity index (χ4n) is 2.55. The van der Waals surface area contributed by atoms with Crippen molar-refractivity contribution in [3.8, 4) is 0 Å². The molecule has 170 valence electrons. The molecular formula is C19H27N5O7. The lowest BCUT2D eigenvalue weighted by Crippen LogP contribution is -2.57. The summed E-state index contributed by atoms with van der Waals surface area (Å²) >= 11 is 0. The highest BCUT2D eigenvalue weighted by atomic mass is 16.4. The Labute approximate surface area is 178 Å². The zero-order chi connectivity index (χ0) is 23.6. The summed E-state index contributed by atoms with van der Waals surface area (Å²) in [5, 5.41) is 25.7. The molecule has 0 radical (unpaired) electrons. The molecule has 12 heteroatoms. The topological polar surface area (TPSA) is 214 Å². The van der Waals surface area contributed by atoms with Crippen molar-refractivity contribution < 1.29 is 34.2 Å². The molecule has 4 amide bonds. The molecule has 0 aliphatic rings. The molecule has 0 spiro atoms. The van der Waals surface area contributed by atoms with E-state index in [9.17, 15) is 34.2 Å². The Morgan fingerprint density at radius 3 is 2.16 bits per heavy atom. The zero-order valence-corrected chi connectivity index (χ0v) is 16.9. The summed E-state index contributed by atoms with van der Waals surface area (Å²) in [6.07, 6.45) is -1.77. The number of carbonyl (C=O) groups is 5. The van der Waals surface area contributed by atoms with Crippen LogP contribution in [-0.4, -0.2) is 70.6 Å². The Hall–Kier alpha value is -3.51. The highest BCUT2D eigenvalue weighted by molar-refractivity contribution is 5.94. The third-order valence-electron chi connectivity index (χ3n) is 4.16. The molecule has 0 bridgehead atoms. The second-order valence-electron chi connectivity index (χ2n) is 6.87. The van der Waals surface area contributed by atoms with E-state index in [0.29, 0.717) is 5.56 Å². The number of nitrogens with one attached hydrogen (secondary N) is 3. The van der Waals surface area contributed by atoms with E-state index in [1.54, 1.807) is 30.3 Å². The predicted molar refractivity (Wildman–Crippen MR) is 108 cm³/mol. The Balaban J connectivity index is 2.63.